The van der Waals surface area contributed by atoms with Gasteiger partial charge >= 0.3 is 0 Å². The Morgan fingerprint density at radius 2 is 1.19 bits per heavy atom. The third-order valence-electron chi connectivity index (χ3n) is 5.46. The lowest BCUT2D eigenvalue weighted by atomic mass is 9.91. The SMILES string of the molecule is C1CCC(NC2CCCCC2)CC1.CCC(C)OP(=S)(S)OC(C)CC. The zero-order chi connectivity index (χ0) is 19.4. The molecule has 3 nitrogen and oxygen atoms in total. The second kappa shape index (κ2) is 14.0. The Hall–Kier alpha value is 0.880. The van der Waals surface area contributed by atoms with Gasteiger partial charge in [-0.25, -0.2) is 0 Å². The molecule has 26 heavy (non-hydrogen) atoms. The van der Waals surface area contributed by atoms with Crippen molar-refractivity contribution in [1.82, 2.24) is 5.32 Å². The van der Waals surface area contributed by atoms with Gasteiger partial charge in [-0.15, -0.1) is 0 Å². The average molecular weight is 424 g/mol. The molecule has 2 unspecified atom stereocenters. The van der Waals surface area contributed by atoms with Gasteiger partial charge in [0, 0.05) is 12.1 Å². The van der Waals surface area contributed by atoms with Crippen LogP contribution in [0, 0.1) is 0 Å². The fourth-order valence-electron chi connectivity index (χ4n) is 3.50. The highest BCUT2D eigenvalue weighted by Gasteiger charge is 2.20. The Bertz CT molecular complexity index is 367. The average Bonchev–Trinajstić information content (AvgIpc) is 2.63. The molecule has 0 amide bonds. The van der Waals surface area contributed by atoms with Gasteiger partial charge in [-0.05, 0) is 64.2 Å². The topological polar surface area (TPSA) is 30.5 Å². The molecular weight excluding hydrogens is 381 g/mol. The minimum Gasteiger partial charge on any atom is -0.319 e. The first-order chi connectivity index (χ1) is 12.4. The Morgan fingerprint density at radius 1 is 0.846 bits per heavy atom. The van der Waals surface area contributed by atoms with Crippen LogP contribution in [0.5, 0.6) is 0 Å². The van der Waals surface area contributed by atoms with Crippen molar-refractivity contribution in [2.75, 3.05) is 0 Å². The molecule has 2 atom stereocenters. The Labute approximate surface area is 173 Å². The van der Waals surface area contributed by atoms with Crippen LogP contribution in [0.3, 0.4) is 0 Å². The van der Waals surface area contributed by atoms with E-state index < -0.39 is 5.69 Å². The van der Waals surface area contributed by atoms with Crippen LogP contribution < -0.4 is 5.32 Å². The molecule has 0 aliphatic heterocycles. The van der Waals surface area contributed by atoms with Gasteiger partial charge in [-0.1, -0.05) is 64.6 Å². The summed E-state index contributed by atoms with van der Waals surface area (Å²) in [6, 6.07) is 1.74. The van der Waals surface area contributed by atoms with Crippen molar-refractivity contribution in [3.8, 4) is 0 Å². The van der Waals surface area contributed by atoms with E-state index in [4.69, 9.17) is 20.9 Å². The summed E-state index contributed by atoms with van der Waals surface area (Å²) in [6.07, 6.45) is 16.7. The monoisotopic (exact) mass is 423 g/mol. The van der Waals surface area contributed by atoms with E-state index in [1.54, 1.807) is 0 Å². The molecule has 1 N–H and O–H groups in total. The summed E-state index contributed by atoms with van der Waals surface area (Å²) in [7, 11) is 0. The van der Waals surface area contributed by atoms with Crippen LogP contribution in [-0.2, 0) is 20.9 Å². The molecule has 0 aromatic heterocycles. The van der Waals surface area contributed by atoms with Crippen molar-refractivity contribution in [1.29, 1.82) is 0 Å². The predicted molar refractivity (Wildman–Crippen MR) is 122 cm³/mol. The summed E-state index contributed by atoms with van der Waals surface area (Å²) in [4.78, 5) is 0. The highest BCUT2D eigenvalue weighted by Crippen LogP contribution is 2.55. The first-order valence-electron chi connectivity index (χ1n) is 10.8. The van der Waals surface area contributed by atoms with Gasteiger partial charge in [0.25, 0.3) is 0 Å². The second-order valence-corrected chi connectivity index (χ2v) is 13.1. The number of hydrogen-bond acceptors (Lipinski definition) is 4. The van der Waals surface area contributed by atoms with E-state index in [2.05, 4.69) is 31.4 Å². The van der Waals surface area contributed by atoms with Crippen molar-refractivity contribution in [3.05, 3.63) is 0 Å². The highest BCUT2D eigenvalue weighted by atomic mass is 32.9. The fraction of sp³-hybridized carbons (Fsp3) is 1.00. The van der Waals surface area contributed by atoms with Gasteiger partial charge in [0.2, 0.25) is 5.69 Å². The lowest BCUT2D eigenvalue weighted by Crippen LogP contribution is -2.40. The molecule has 2 fully saturated rings. The summed E-state index contributed by atoms with van der Waals surface area (Å²) in [5.41, 5.74) is -2.31. The zero-order valence-electron chi connectivity index (χ0n) is 17.4. The van der Waals surface area contributed by atoms with Crippen LogP contribution >= 0.6 is 17.9 Å². The number of nitrogens with one attached hydrogen (secondary N) is 1. The van der Waals surface area contributed by atoms with Crippen LogP contribution in [0.25, 0.3) is 0 Å². The molecule has 0 bridgehead atoms. The Balaban J connectivity index is 0.000000260. The molecule has 0 radical (unpaired) electrons. The summed E-state index contributed by atoms with van der Waals surface area (Å²) >= 11 is 9.41. The van der Waals surface area contributed by atoms with Gasteiger partial charge in [0.15, 0.2) is 0 Å². The van der Waals surface area contributed by atoms with Crippen LogP contribution in [0.4, 0.5) is 0 Å². The number of hydrogen-bond donors (Lipinski definition) is 2. The molecule has 0 aromatic carbocycles. The van der Waals surface area contributed by atoms with Crippen molar-refractivity contribution in [2.45, 2.75) is 129 Å². The van der Waals surface area contributed by atoms with Crippen molar-refractivity contribution >= 4 is 29.7 Å². The van der Waals surface area contributed by atoms with Crippen LogP contribution in [0.1, 0.15) is 105 Å². The van der Waals surface area contributed by atoms with Crippen LogP contribution in [0.2, 0.25) is 0 Å². The van der Waals surface area contributed by atoms with Crippen molar-refractivity contribution in [2.24, 2.45) is 0 Å². The number of thiol groups is 1. The maximum Gasteiger partial charge on any atom is 0.244 e. The standard InChI is InChI=1S/C12H23N.C8H19O2PS2/c1-3-7-11(8-4-1)13-12-9-5-2-6-10-12;1-5-7(3)9-11(12,13)10-8(4)6-2/h11-13H,1-10H2;7-8H,5-6H2,1-4H3,(H,12,13). The van der Waals surface area contributed by atoms with E-state index in [0.717, 1.165) is 24.9 Å². The van der Waals surface area contributed by atoms with Gasteiger partial charge < -0.3 is 14.4 Å². The smallest absolute Gasteiger partial charge is 0.244 e. The predicted octanol–water partition coefficient (Wildman–Crippen LogP) is 7.01. The summed E-state index contributed by atoms with van der Waals surface area (Å²) < 4.78 is 11.1. The number of rotatable bonds is 8. The van der Waals surface area contributed by atoms with E-state index >= 15 is 0 Å². The molecule has 0 aromatic rings. The van der Waals surface area contributed by atoms with Gasteiger partial charge in [0.1, 0.15) is 0 Å². The van der Waals surface area contributed by atoms with Gasteiger partial charge in [-0.2, -0.15) is 0 Å². The Morgan fingerprint density at radius 3 is 1.50 bits per heavy atom. The first kappa shape index (κ1) is 24.9. The van der Waals surface area contributed by atoms with Crippen molar-refractivity contribution < 1.29 is 9.05 Å². The van der Waals surface area contributed by atoms with Crippen LogP contribution in [0.15, 0.2) is 0 Å². The molecule has 0 spiro atoms. The normalized spacial score (nSPS) is 24.2. The Kier molecular flexibility index (Phi) is 13.4. The van der Waals surface area contributed by atoms with Crippen LogP contribution in [-0.4, -0.2) is 24.3 Å². The third kappa shape index (κ3) is 11.7. The third-order valence-corrected chi connectivity index (χ3v) is 7.79. The highest BCUT2D eigenvalue weighted by molar-refractivity contribution is 8.60. The lowest BCUT2D eigenvalue weighted by Gasteiger charge is -2.30. The molecule has 0 saturated heterocycles. The van der Waals surface area contributed by atoms with E-state index in [9.17, 15) is 0 Å². The van der Waals surface area contributed by atoms with E-state index in [-0.39, 0.29) is 12.2 Å². The second-order valence-electron chi connectivity index (χ2n) is 7.95. The minimum absolute atomic E-state index is 0.132. The van der Waals surface area contributed by atoms with Gasteiger partial charge in [0.05, 0.1) is 12.2 Å². The molecule has 2 rings (SSSR count). The van der Waals surface area contributed by atoms with E-state index in [0.29, 0.717) is 0 Å². The molecular formula is C20H42NO2PS2. The largest absolute Gasteiger partial charge is 0.319 e. The zero-order valence-corrected chi connectivity index (χ0v) is 20.0. The first-order valence-corrected chi connectivity index (χ1v) is 14.6. The van der Waals surface area contributed by atoms with E-state index in [1.807, 2.05) is 13.8 Å². The molecule has 2 saturated carbocycles. The summed E-state index contributed by atoms with van der Waals surface area (Å²) in [5, 5.41) is 3.86. The minimum atomic E-state index is -2.31. The molecule has 6 heteroatoms. The summed E-state index contributed by atoms with van der Waals surface area (Å²) in [6.45, 7) is 8.07. The molecule has 156 valence electrons. The maximum absolute atomic E-state index is 5.53. The van der Waals surface area contributed by atoms with Gasteiger partial charge in [-0.3, -0.25) is 0 Å². The molecule has 0 heterocycles. The molecule has 2 aliphatic carbocycles. The fourth-order valence-corrected chi connectivity index (χ4v) is 6.61. The lowest BCUT2D eigenvalue weighted by molar-refractivity contribution is 0.163. The summed E-state index contributed by atoms with van der Waals surface area (Å²) in [5.74, 6) is 0. The van der Waals surface area contributed by atoms with Crippen molar-refractivity contribution in [3.63, 3.8) is 0 Å². The maximum atomic E-state index is 5.53. The quantitative estimate of drug-likeness (QED) is 0.325. The van der Waals surface area contributed by atoms with E-state index in [1.165, 1.54) is 64.2 Å². The molecule has 2 aliphatic rings.